The highest BCUT2D eigenvalue weighted by atomic mass is 32.2. The average Bonchev–Trinajstić information content (AvgIpc) is 2.12. The van der Waals surface area contributed by atoms with Gasteiger partial charge in [-0.25, -0.2) is 4.18 Å². The second-order valence-corrected chi connectivity index (χ2v) is 2.44. The fourth-order valence-corrected chi connectivity index (χ4v) is 0.835. The Balaban J connectivity index is 2.62. The third-order valence-corrected chi connectivity index (χ3v) is 1.34. The molecule has 0 aliphatic carbocycles. The molecule has 1 heterocycles. The van der Waals surface area contributed by atoms with Crippen LogP contribution in [0.2, 0.25) is 0 Å². The highest BCUT2D eigenvalue weighted by Gasteiger charge is 2.32. The van der Waals surface area contributed by atoms with E-state index in [4.69, 9.17) is 4.55 Å². The molecule has 0 aromatic heterocycles. The molecule has 10 heavy (non-hydrogen) atoms. The first-order valence-electron chi connectivity index (χ1n) is 1.99. The zero-order valence-electron chi connectivity index (χ0n) is 4.41. The van der Waals surface area contributed by atoms with Gasteiger partial charge in [-0.05, 0) is 10.4 Å². The lowest BCUT2D eigenvalue weighted by molar-refractivity contribution is 0.188. The molecular formula is CH2N4O3S2. The van der Waals surface area contributed by atoms with Crippen LogP contribution in [0.5, 0.6) is 0 Å². The van der Waals surface area contributed by atoms with Gasteiger partial charge in [-0.2, -0.15) is 4.21 Å². The van der Waals surface area contributed by atoms with E-state index in [2.05, 4.69) is 37.5 Å². The van der Waals surface area contributed by atoms with Crippen LogP contribution in [0.25, 0.3) is 0 Å². The normalized spacial score (nSPS) is 23.4. The Kier molecular flexibility index (Phi) is 2.08. The summed E-state index contributed by atoms with van der Waals surface area (Å²) in [5.74, 6) is 0. The number of hydrogen-bond acceptors (Lipinski definition) is 7. The van der Waals surface area contributed by atoms with Gasteiger partial charge in [0.2, 0.25) is 0 Å². The van der Waals surface area contributed by atoms with Crippen LogP contribution in [0.1, 0.15) is 0 Å². The van der Waals surface area contributed by atoms with E-state index in [1.165, 1.54) is 0 Å². The average molecular weight is 182 g/mol. The second kappa shape index (κ2) is 2.70. The maximum absolute atomic E-state index is 10.00. The van der Waals surface area contributed by atoms with Gasteiger partial charge < -0.3 is 0 Å². The van der Waals surface area contributed by atoms with Gasteiger partial charge in [-0.1, -0.05) is 22.9 Å². The van der Waals surface area contributed by atoms with Crippen molar-refractivity contribution in [2.45, 2.75) is 5.18 Å². The minimum atomic E-state index is -2.48. The summed E-state index contributed by atoms with van der Waals surface area (Å²) in [5.41, 5.74) is 0. The molecule has 1 unspecified atom stereocenters. The molecule has 1 atom stereocenters. The van der Waals surface area contributed by atoms with Crippen LogP contribution >= 0.6 is 12.6 Å². The first kappa shape index (κ1) is 7.72. The molecule has 0 saturated heterocycles. The predicted molar refractivity (Wildman–Crippen MR) is 33.3 cm³/mol. The molecule has 1 aliphatic heterocycles. The number of nitrogens with zero attached hydrogens (tertiary/aromatic N) is 4. The highest BCUT2D eigenvalue weighted by molar-refractivity contribution is 7.82. The van der Waals surface area contributed by atoms with Crippen molar-refractivity contribution in [2.24, 2.45) is 20.7 Å². The Hall–Kier alpha value is -0.380. The minimum absolute atomic E-state index is 1.72. The van der Waals surface area contributed by atoms with Gasteiger partial charge in [-0.3, -0.25) is 4.55 Å². The lowest BCUT2D eigenvalue weighted by atomic mass is 11.1. The molecule has 0 aromatic rings. The molecule has 0 aromatic carbocycles. The van der Waals surface area contributed by atoms with Crippen LogP contribution in [0, 0.1) is 0 Å². The van der Waals surface area contributed by atoms with Crippen molar-refractivity contribution in [2.75, 3.05) is 0 Å². The maximum atomic E-state index is 10.00. The van der Waals surface area contributed by atoms with Crippen LogP contribution < -0.4 is 0 Å². The third-order valence-electron chi connectivity index (χ3n) is 0.573. The van der Waals surface area contributed by atoms with Crippen LogP contribution in [-0.4, -0.2) is 13.9 Å². The van der Waals surface area contributed by atoms with Crippen molar-refractivity contribution in [1.82, 2.24) is 0 Å². The van der Waals surface area contributed by atoms with Gasteiger partial charge in [0, 0.05) is 0 Å². The third kappa shape index (κ3) is 1.80. The van der Waals surface area contributed by atoms with Crippen molar-refractivity contribution < 1.29 is 12.9 Å². The van der Waals surface area contributed by atoms with Crippen molar-refractivity contribution in [3.63, 3.8) is 0 Å². The second-order valence-electron chi connectivity index (χ2n) is 1.25. The van der Waals surface area contributed by atoms with E-state index < -0.39 is 16.5 Å². The van der Waals surface area contributed by atoms with E-state index >= 15 is 0 Å². The lowest BCUT2D eigenvalue weighted by Gasteiger charge is -2.07. The topological polar surface area (TPSA) is 96.0 Å². The van der Waals surface area contributed by atoms with Gasteiger partial charge in [0.1, 0.15) is 0 Å². The lowest BCUT2D eigenvalue weighted by Crippen LogP contribution is -2.18. The summed E-state index contributed by atoms with van der Waals surface area (Å²) < 4.78 is 22.3. The van der Waals surface area contributed by atoms with E-state index in [9.17, 15) is 4.21 Å². The summed E-state index contributed by atoms with van der Waals surface area (Å²) in [4.78, 5) is 0. The Bertz CT molecular complexity index is 201. The first-order valence-corrected chi connectivity index (χ1v) is 3.47. The summed E-state index contributed by atoms with van der Waals surface area (Å²) in [6.07, 6.45) is 0. The zero-order valence-corrected chi connectivity index (χ0v) is 6.12. The molecule has 1 N–H and O–H groups in total. The van der Waals surface area contributed by atoms with Crippen LogP contribution in [0.4, 0.5) is 0 Å². The summed E-state index contributed by atoms with van der Waals surface area (Å²) in [6.45, 7) is 0. The molecule has 0 bridgehead atoms. The van der Waals surface area contributed by atoms with Gasteiger partial charge in [-0.15, -0.1) is 0 Å². The van der Waals surface area contributed by atoms with Crippen LogP contribution in [0.15, 0.2) is 20.7 Å². The summed E-state index contributed by atoms with van der Waals surface area (Å²) in [6, 6.07) is 0. The van der Waals surface area contributed by atoms with Crippen molar-refractivity contribution >= 4 is 24.0 Å². The van der Waals surface area contributed by atoms with E-state index in [0.717, 1.165) is 0 Å². The van der Waals surface area contributed by atoms with E-state index in [-0.39, 0.29) is 0 Å². The first-order chi connectivity index (χ1) is 4.62. The molecule has 1 rings (SSSR count). The molecule has 0 fully saturated rings. The van der Waals surface area contributed by atoms with Gasteiger partial charge >= 0.3 is 16.5 Å². The fourth-order valence-electron chi connectivity index (χ4n) is 0.305. The predicted octanol–water partition coefficient (Wildman–Crippen LogP) is 0.514. The minimum Gasteiger partial charge on any atom is -0.284 e. The zero-order chi connectivity index (χ0) is 7.61. The summed E-state index contributed by atoms with van der Waals surface area (Å²) in [5, 5.41) is 10.7. The maximum Gasteiger partial charge on any atom is 0.358 e. The van der Waals surface area contributed by atoms with Crippen LogP contribution in [-0.2, 0) is 15.5 Å². The molecule has 56 valence electrons. The largest absolute Gasteiger partial charge is 0.358 e. The molecule has 0 amide bonds. The number of thiol groups is 1. The van der Waals surface area contributed by atoms with E-state index in [1.54, 1.807) is 0 Å². The quantitative estimate of drug-likeness (QED) is 0.370. The molecule has 0 radical (unpaired) electrons. The summed E-state index contributed by atoms with van der Waals surface area (Å²) in [7, 11) is 0. The fraction of sp³-hybridized carbons (Fsp3) is 1.00. The Morgan fingerprint density at radius 2 is 2.00 bits per heavy atom. The number of hydrogen-bond donors (Lipinski definition) is 2. The van der Waals surface area contributed by atoms with Crippen molar-refractivity contribution in [3.05, 3.63) is 0 Å². The highest BCUT2D eigenvalue weighted by Crippen LogP contribution is 2.26. The number of rotatable bonds is 2. The van der Waals surface area contributed by atoms with Gasteiger partial charge in [0.05, 0.1) is 0 Å². The van der Waals surface area contributed by atoms with Gasteiger partial charge in [0.25, 0.3) is 0 Å². The Labute approximate surface area is 63.5 Å². The van der Waals surface area contributed by atoms with Crippen molar-refractivity contribution in [1.29, 1.82) is 0 Å². The summed E-state index contributed by atoms with van der Waals surface area (Å²) >= 11 is 1.15. The molecule has 7 nitrogen and oxygen atoms in total. The Morgan fingerprint density at radius 1 is 1.50 bits per heavy atom. The molecule has 0 spiro atoms. The van der Waals surface area contributed by atoms with Gasteiger partial charge in [0.15, 0.2) is 0 Å². The molecule has 9 heteroatoms. The van der Waals surface area contributed by atoms with E-state index in [1.807, 2.05) is 0 Å². The standard InChI is InChI=1S/CH2N4O3S2/c6-10(7)8-1(9)2-4-5-3-1/h9H,(H,6,7). The molecule has 0 saturated carbocycles. The smallest absolute Gasteiger partial charge is 0.284 e. The molecule has 1 aliphatic rings. The monoisotopic (exact) mass is 182 g/mol. The SMILES string of the molecule is O=S(O)OC1(S)N=NN=N1. The van der Waals surface area contributed by atoms with Crippen LogP contribution in [0.3, 0.4) is 0 Å². The Morgan fingerprint density at radius 3 is 2.40 bits per heavy atom. The molecular weight excluding hydrogens is 180 g/mol. The van der Waals surface area contributed by atoms with Crippen molar-refractivity contribution in [3.8, 4) is 0 Å². The van der Waals surface area contributed by atoms with E-state index in [0.29, 0.717) is 0 Å².